The molecule has 22 heavy (non-hydrogen) atoms. The first-order valence-electron chi connectivity index (χ1n) is 7.22. The van der Waals surface area contributed by atoms with Crippen molar-refractivity contribution in [1.82, 2.24) is 15.2 Å². The van der Waals surface area contributed by atoms with Crippen LogP contribution in [0.15, 0.2) is 34.6 Å². The Morgan fingerprint density at radius 2 is 2.09 bits per heavy atom. The summed E-state index contributed by atoms with van der Waals surface area (Å²) in [7, 11) is 3.71. The molecule has 0 fully saturated rings. The second kappa shape index (κ2) is 7.89. The Balaban J connectivity index is 1.91. The molecule has 118 valence electrons. The van der Waals surface area contributed by atoms with Gasteiger partial charge in [-0.1, -0.05) is 19.1 Å². The van der Waals surface area contributed by atoms with Gasteiger partial charge in [-0.2, -0.15) is 0 Å². The standard InChI is InChI=1S/C16H21FN4S/c1-4-15-20-14(11-22-15)9-19-16(18-2)21(3)10-12-5-7-13(17)8-6-12/h5-8,11H,4,9-10H2,1-3H3,(H,18,19). The number of aryl methyl sites for hydroxylation is 1. The maximum absolute atomic E-state index is 12.9. The van der Waals surface area contributed by atoms with E-state index >= 15 is 0 Å². The number of nitrogens with zero attached hydrogens (tertiary/aromatic N) is 3. The summed E-state index contributed by atoms with van der Waals surface area (Å²) < 4.78 is 12.9. The van der Waals surface area contributed by atoms with Gasteiger partial charge < -0.3 is 10.2 Å². The van der Waals surface area contributed by atoms with Gasteiger partial charge in [0.05, 0.1) is 17.2 Å². The van der Waals surface area contributed by atoms with Gasteiger partial charge in [0.25, 0.3) is 0 Å². The lowest BCUT2D eigenvalue weighted by Crippen LogP contribution is -2.38. The third-order valence-electron chi connectivity index (χ3n) is 3.24. The zero-order chi connectivity index (χ0) is 15.9. The summed E-state index contributed by atoms with van der Waals surface area (Å²) in [5.74, 6) is 0.569. The number of rotatable bonds is 5. The van der Waals surface area contributed by atoms with E-state index in [0.717, 1.165) is 28.6 Å². The molecule has 1 heterocycles. The van der Waals surface area contributed by atoms with Crippen molar-refractivity contribution in [2.75, 3.05) is 14.1 Å². The Hall–Kier alpha value is -1.95. The molecule has 1 aromatic heterocycles. The van der Waals surface area contributed by atoms with Crippen LogP contribution in [0.1, 0.15) is 23.2 Å². The lowest BCUT2D eigenvalue weighted by atomic mass is 10.2. The van der Waals surface area contributed by atoms with E-state index in [4.69, 9.17) is 0 Å². The van der Waals surface area contributed by atoms with E-state index in [1.165, 1.54) is 12.1 Å². The van der Waals surface area contributed by atoms with Crippen LogP contribution in [0.5, 0.6) is 0 Å². The Labute approximate surface area is 134 Å². The topological polar surface area (TPSA) is 40.5 Å². The molecule has 0 bridgehead atoms. The molecule has 1 N–H and O–H groups in total. The fraction of sp³-hybridized carbons (Fsp3) is 0.375. The van der Waals surface area contributed by atoms with E-state index in [1.54, 1.807) is 30.5 Å². The highest BCUT2D eigenvalue weighted by Gasteiger charge is 2.08. The molecule has 6 heteroatoms. The number of aromatic nitrogens is 1. The average molecular weight is 320 g/mol. The smallest absolute Gasteiger partial charge is 0.194 e. The molecule has 4 nitrogen and oxygen atoms in total. The van der Waals surface area contributed by atoms with Crippen LogP contribution in [0.3, 0.4) is 0 Å². The van der Waals surface area contributed by atoms with Crippen LogP contribution < -0.4 is 5.32 Å². The number of hydrogen-bond acceptors (Lipinski definition) is 3. The number of nitrogens with one attached hydrogen (secondary N) is 1. The molecule has 0 aliphatic rings. The molecular formula is C16H21FN4S. The Morgan fingerprint density at radius 1 is 1.36 bits per heavy atom. The van der Waals surface area contributed by atoms with Crippen LogP contribution in [-0.4, -0.2) is 29.9 Å². The van der Waals surface area contributed by atoms with Gasteiger partial charge in [0.15, 0.2) is 5.96 Å². The normalized spacial score (nSPS) is 11.5. The van der Waals surface area contributed by atoms with Crippen LogP contribution in [-0.2, 0) is 19.5 Å². The molecule has 0 aliphatic heterocycles. The summed E-state index contributed by atoms with van der Waals surface area (Å²) in [6.07, 6.45) is 0.962. The van der Waals surface area contributed by atoms with E-state index in [9.17, 15) is 4.39 Å². The lowest BCUT2D eigenvalue weighted by molar-refractivity contribution is 0.475. The number of hydrogen-bond donors (Lipinski definition) is 1. The van der Waals surface area contributed by atoms with E-state index in [0.29, 0.717) is 13.1 Å². The minimum atomic E-state index is -0.218. The van der Waals surface area contributed by atoms with Gasteiger partial charge in [0, 0.05) is 26.0 Å². The number of halogens is 1. The molecule has 0 saturated carbocycles. The summed E-state index contributed by atoms with van der Waals surface area (Å²) in [6, 6.07) is 6.52. The zero-order valence-electron chi connectivity index (χ0n) is 13.1. The first-order chi connectivity index (χ1) is 10.6. The third-order valence-corrected chi connectivity index (χ3v) is 4.28. The van der Waals surface area contributed by atoms with Crippen molar-refractivity contribution < 1.29 is 4.39 Å². The van der Waals surface area contributed by atoms with Crippen molar-refractivity contribution in [3.8, 4) is 0 Å². The Kier molecular flexibility index (Phi) is 5.89. The summed E-state index contributed by atoms with van der Waals surface area (Å²) >= 11 is 1.68. The summed E-state index contributed by atoms with van der Waals surface area (Å²) in [4.78, 5) is 10.8. The second-order valence-electron chi connectivity index (χ2n) is 4.97. The molecule has 0 atom stereocenters. The first-order valence-corrected chi connectivity index (χ1v) is 8.09. The van der Waals surface area contributed by atoms with Crippen LogP contribution >= 0.6 is 11.3 Å². The summed E-state index contributed by atoms with van der Waals surface area (Å²) in [6.45, 7) is 3.42. The molecule has 1 aromatic carbocycles. The van der Waals surface area contributed by atoms with E-state index < -0.39 is 0 Å². The predicted octanol–water partition coefficient (Wildman–Crippen LogP) is 3.05. The highest BCUT2D eigenvalue weighted by atomic mass is 32.1. The fourth-order valence-electron chi connectivity index (χ4n) is 2.09. The minimum Gasteiger partial charge on any atom is -0.351 e. The Bertz CT molecular complexity index is 621. The molecule has 0 amide bonds. The summed E-state index contributed by atoms with van der Waals surface area (Å²) in [5.41, 5.74) is 2.06. The summed E-state index contributed by atoms with van der Waals surface area (Å²) in [5, 5.41) is 6.51. The molecule has 0 saturated heterocycles. The van der Waals surface area contributed by atoms with Crippen molar-refractivity contribution in [3.05, 3.63) is 51.7 Å². The van der Waals surface area contributed by atoms with Gasteiger partial charge in [0.2, 0.25) is 0 Å². The van der Waals surface area contributed by atoms with Crippen LogP contribution in [0.2, 0.25) is 0 Å². The van der Waals surface area contributed by atoms with Gasteiger partial charge in [0.1, 0.15) is 5.82 Å². The lowest BCUT2D eigenvalue weighted by Gasteiger charge is -2.21. The zero-order valence-corrected chi connectivity index (χ0v) is 14.0. The Morgan fingerprint density at radius 3 is 2.68 bits per heavy atom. The number of benzene rings is 1. The van der Waals surface area contributed by atoms with Crippen molar-refractivity contribution in [2.24, 2.45) is 4.99 Å². The van der Waals surface area contributed by atoms with Gasteiger partial charge in [-0.3, -0.25) is 4.99 Å². The molecular weight excluding hydrogens is 299 g/mol. The molecule has 0 spiro atoms. The molecule has 2 rings (SSSR count). The molecule has 0 aliphatic carbocycles. The SMILES string of the molecule is CCc1nc(CNC(=NC)N(C)Cc2ccc(F)cc2)cs1. The van der Waals surface area contributed by atoms with E-state index in [-0.39, 0.29) is 5.82 Å². The van der Waals surface area contributed by atoms with E-state index in [1.807, 2.05) is 11.9 Å². The first kappa shape index (κ1) is 16.4. The number of thiazole rings is 1. The molecule has 2 aromatic rings. The van der Waals surface area contributed by atoms with Crippen LogP contribution in [0.25, 0.3) is 0 Å². The van der Waals surface area contributed by atoms with Gasteiger partial charge >= 0.3 is 0 Å². The average Bonchev–Trinajstić information content (AvgIpc) is 2.98. The quantitative estimate of drug-likeness (QED) is 0.680. The third kappa shape index (κ3) is 4.53. The minimum absolute atomic E-state index is 0.218. The fourth-order valence-corrected chi connectivity index (χ4v) is 2.83. The van der Waals surface area contributed by atoms with Gasteiger partial charge in [-0.15, -0.1) is 11.3 Å². The van der Waals surface area contributed by atoms with Crippen LogP contribution in [0, 0.1) is 5.82 Å². The maximum atomic E-state index is 12.9. The van der Waals surface area contributed by atoms with Crippen molar-refractivity contribution in [3.63, 3.8) is 0 Å². The highest BCUT2D eigenvalue weighted by Crippen LogP contribution is 2.10. The predicted molar refractivity (Wildman–Crippen MR) is 89.6 cm³/mol. The van der Waals surface area contributed by atoms with Crippen LogP contribution in [0.4, 0.5) is 4.39 Å². The van der Waals surface area contributed by atoms with Gasteiger partial charge in [-0.25, -0.2) is 9.37 Å². The second-order valence-corrected chi connectivity index (χ2v) is 5.91. The number of aliphatic imine (C=N–C) groups is 1. The van der Waals surface area contributed by atoms with Crippen molar-refractivity contribution in [1.29, 1.82) is 0 Å². The largest absolute Gasteiger partial charge is 0.351 e. The van der Waals surface area contributed by atoms with Gasteiger partial charge in [-0.05, 0) is 24.1 Å². The molecule has 0 radical (unpaired) electrons. The monoisotopic (exact) mass is 320 g/mol. The maximum Gasteiger partial charge on any atom is 0.194 e. The number of guanidine groups is 1. The molecule has 0 unspecified atom stereocenters. The van der Waals surface area contributed by atoms with E-state index in [2.05, 4.69) is 27.6 Å². The van der Waals surface area contributed by atoms with Crippen molar-refractivity contribution in [2.45, 2.75) is 26.4 Å². The highest BCUT2D eigenvalue weighted by molar-refractivity contribution is 7.09. The van der Waals surface area contributed by atoms with Crippen molar-refractivity contribution >= 4 is 17.3 Å².